The molecule has 1 aromatic carbocycles. The van der Waals surface area contributed by atoms with Crippen LogP contribution in [0.2, 0.25) is 0 Å². The topological polar surface area (TPSA) is 35.6 Å². The SMILES string of the molecule is CC(C(=O)NC(C)(C)C)N1CCN(Cc2ccccc2)CC1. The molecule has 1 N–H and O–H groups in total. The van der Waals surface area contributed by atoms with E-state index in [1.165, 1.54) is 5.56 Å². The first-order chi connectivity index (χ1) is 10.3. The normalized spacial score (nSPS) is 18.9. The number of carbonyl (C=O) groups excluding carboxylic acids is 1. The molecule has 0 aromatic heterocycles. The van der Waals surface area contributed by atoms with Crippen molar-refractivity contribution in [2.75, 3.05) is 26.2 Å². The van der Waals surface area contributed by atoms with Gasteiger partial charge in [0.05, 0.1) is 6.04 Å². The summed E-state index contributed by atoms with van der Waals surface area (Å²) >= 11 is 0. The average molecular weight is 303 g/mol. The molecule has 0 saturated carbocycles. The van der Waals surface area contributed by atoms with Gasteiger partial charge in [-0.3, -0.25) is 14.6 Å². The molecule has 1 aromatic rings. The summed E-state index contributed by atoms with van der Waals surface area (Å²) in [6.07, 6.45) is 0. The van der Waals surface area contributed by atoms with Crippen molar-refractivity contribution in [1.29, 1.82) is 0 Å². The van der Waals surface area contributed by atoms with E-state index in [1.54, 1.807) is 0 Å². The van der Waals surface area contributed by atoms with E-state index >= 15 is 0 Å². The van der Waals surface area contributed by atoms with Crippen LogP contribution >= 0.6 is 0 Å². The maximum atomic E-state index is 12.3. The van der Waals surface area contributed by atoms with E-state index in [0.717, 1.165) is 32.7 Å². The van der Waals surface area contributed by atoms with Gasteiger partial charge in [-0.2, -0.15) is 0 Å². The third-order valence-electron chi connectivity index (χ3n) is 4.08. The first-order valence-corrected chi connectivity index (χ1v) is 8.17. The first-order valence-electron chi connectivity index (χ1n) is 8.17. The van der Waals surface area contributed by atoms with E-state index in [1.807, 2.05) is 27.7 Å². The van der Waals surface area contributed by atoms with Crippen LogP contribution in [-0.4, -0.2) is 53.5 Å². The van der Waals surface area contributed by atoms with Gasteiger partial charge in [0.1, 0.15) is 0 Å². The Labute approximate surface area is 134 Å². The molecule has 0 spiro atoms. The van der Waals surface area contributed by atoms with Crippen LogP contribution in [0.3, 0.4) is 0 Å². The van der Waals surface area contributed by atoms with Gasteiger partial charge in [0.25, 0.3) is 0 Å². The summed E-state index contributed by atoms with van der Waals surface area (Å²) in [6.45, 7) is 13.0. The highest BCUT2D eigenvalue weighted by Crippen LogP contribution is 2.11. The Morgan fingerprint density at radius 2 is 1.73 bits per heavy atom. The molecule has 0 bridgehead atoms. The number of piperazine rings is 1. The molecule has 1 atom stereocenters. The number of nitrogens with one attached hydrogen (secondary N) is 1. The standard InChI is InChI=1S/C18H29N3O/c1-15(17(22)19-18(2,3)4)21-12-10-20(11-13-21)14-16-8-6-5-7-9-16/h5-9,15H,10-14H2,1-4H3,(H,19,22). The Morgan fingerprint density at radius 1 is 1.14 bits per heavy atom. The first kappa shape index (κ1) is 17.0. The molecule has 1 aliphatic heterocycles. The van der Waals surface area contributed by atoms with Crippen LogP contribution in [0.15, 0.2) is 30.3 Å². The lowest BCUT2D eigenvalue weighted by Gasteiger charge is -2.38. The fourth-order valence-corrected chi connectivity index (χ4v) is 2.79. The highest BCUT2D eigenvalue weighted by atomic mass is 16.2. The molecule has 1 aliphatic rings. The number of rotatable bonds is 4. The number of benzene rings is 1. The highest BCUT2D eigenvalue weighted by molar-refractivity contribution is 5.81. The fourth-order valence-electron chi connectivity index (χ4n) is 2.79. The predicted molar refractivity (Wildman–Crippen MR) is 90.6 cm³/mol. The van der Waals surface area contributed by atoms with Gasteiger partial charge in [-0.05, 0) is 33.3 Å². The van der Waals surface area contributed by atoms with E-state index in [0.29, 0.717) is 0 Å². The molecule has 122 valence electrons. The molecule has 1 fully saturated rings. The zero-order valence-corrected chi connectivity index (χ0v) is 14.3. The minimum atomic E-state index is -0.166. The van der Waals surface area contributed by atoms with E-state index in [2.05, 4.69) is 45.4 Å². The Balaban J connectivity index is 1.80. The summed E-state index contributed by atoms with van der Waals surface area (Å²) in [7, 11) is 0. The number of hydrogen-bond acceptors (Lipinski definition) is 3. The lowest BCUT2D eigenvalue weighted by atomic mass is 10.1. The molecule has 4 nitrogen and oxygen atoms in total. The molecule has 2 rings (SSSR count). The lowest BCUT2D eigenvalue weighted by molar-refractivity contribution is -0.128. The van der Waals surface area contributed by atoms with Crippen LogP contribution in [0.25, 0.3) is 0 Å². The monoisotopic (exact) mass is 303 g/mol. The van der Waals surface area contributed by atoms with Crippen molar-refractivity contribution in [3.63, 3.8) is 0 Å². The van der Waals surface area contributed by atoms with Crippen LogP contribution in [-0.2, 0) is 11.3 Å². The summed E-state index contributed by atoms with van der Waals surface area (Å²) < 4.78 is 0. The van der Waals surface area contributed by atoms with Crippen molar-refractivity contribution >= 4 is 5.91 Å². The second-order valence-corrected chi connectivity index (χ2v) is 7.21. The summed E-state index contributed by atoms with van der Waals surface area (Å²) in [5.41, 5.74) is 1.19. The molecule has 4 heteroatoms. The van der Waals surface area contributed by atoms with Crippen molar-refractivity contribution in [3.05, 3.63) is 35.9 Å². The number of amides is 1. The lowest BCUT2D eigenvalue weighted by Crippen LogP contribution is -2.56. The Morgan fingerprint density at radius 3 is 2.27 bits per heavy atom. The van der Waals surface area contributed by atoms with Gasteiger partial charge in [0.2, 0.25) is 5.91 Å². The molecule has 0 aliphatic carbocycles. The molecule has 1 amide bonds. The zero-order valence-electron chi connectivity index (χ0n) is 14.3. The highest BCUT2D eigenvalue weighted by Gasteiger charge is 2.27. The zero-order chi connectivity index (χ0) is 16.2. The Hall–Kier alpha value is -1.39. The molecule has 1 unspecified atom stereocenters. The van der Waals surface area contributed by atoms with Gasteiger partial charge in [-0.1, -0.05) is 30.3 Å². The molecule has 0 radical (unpaired) electrons. The van der Waals surface area contributed by atoms with Gasteiger partial charge in [-0.15, -0.1) is 0 Å². The van der Waals surface area contributed by atoms with E-state index < -0.39 is 0 Å². The van der Waals surface area contributed by atoms with Gasteiger partial charge in [-0.25, -0.2) is 0 Å². The quantitative estimate of drug-likeness (QED) is 0.925. The fraction of sp³-hybridized carbons (Fsp3) is 0.611. The van der Waals surface area contributed by atoms with Gasteiger partial charge >= 0.3 is 0 Å². The number of hydrogen-bond donors (Lipinski definition) is 1. The van der Waals surface area contributed by atoms with Gasteiger partial charge in [0.15, 0.2) is 0 Å². The largest absolute Gasteiger partial charge is 0.350 e. The van der Waals surface area contributed by atoms with E-state index in [-0.39, 0.29) is 17.5 Å². The molecular formula is C18H29N3O. The van der Waals surface area contributed by atoms with Crippen molar-refractivity contribution in [1.82, 2.24) is 15.1 Å². The van der Waals surface area contributed by atoms with Gasteiger partial charge in [0, 0.05) is 38.3 Å². The van der Waals surface area contributed by atoms with Crippen molar-refractivity contribution in [2.24, 2.45) is 0 Å². The summed E-state index contributed by atoms with van der Waals surface area (Å²) in [6, 6.07) is 10.5. The van der Waals surface area contributed by atoms with E-state index in [4.69, 9.17) is 0 Å². The maximum absolute atomic E-state index is 12.3. The van der Waals surface area contributed by atoms with E-state index in [9.17, 15) is 4.79 Å². The molecule has 22 heavy (non-hydrogen) atoms. The van der Waals surface area contributed by atoms with Crippen molar-refractivity contribution < 1.29 is 4.79 Å². The summed E-state index contributed by atoms with van der Waals surface area (Å²) in [5.74, 6) is 0.129. The second-order valence-electron chi connectivity index (χ2n) is 7.21. The molecule has 1 saturated heterocycles. The Bertz CT molecular complexity index is 473. The average Bonchev–Trinajstić information content (AvgIpc) is 2.46. The van der Waals surface area contributed by atoms with Crippen LogP contribution in [0.4, 0.5) is 0 Å². The number of carbonyl (C=O) groups is 1. The number of nitrogens with zero attached hydrogens (tertiary/aromatic N) is 2. The van der Waals surface area contributed by atoms with Crippen LogP contribution < -0.4 is 5.32 Å². The van der Waals surface area contributed by atoms with Crippen LogP contribution in [0, 0.1) is 0 Å². The third kappa shape index (κ3) is 5.11. The maximum Gasteiger partial charge on any atom is 0.237 e. The Kier molecular flexibility index (Phi) is 5.59. The summed E-state index contributed by atoms with van der Waals surface area (Å²) in [5, 5.41) is 3.07. The minimum Gasteiger partial charge on any atom is -0.350 e. The molecular weight excluding hydrogens is 274 g/mol. The van der Waals surface area contributed by atoms with Crippen molar-refractivity contribution in [3.8, 4) is 0 Å². The molecule has 1 heterocycles. The predicted octanol–water partition coefficient (Wildman–Crippen LogP) is 2.11. The second kappa shape index (κ2) is 7.25. The third-order valence-corrected chi connectivity index (χ3v) is 4.08. The van der Waals surface area contributed by atoms with Crippen molar-refractivity contribution in [2.45, 2.75) is 45.8 Å². The summed E-state index contributed by atoms with van der Waals surface area (Å²) in [4.78, 5) is 17.0. The van der Waals surface area contributed by atoms with Gasteiger partial charge < -0.3 is 5.32 Å². The smallest absolute Gasteiger partial charge is 0.237 e. The van der Waals surface area contributed by atoms with Crippen LogP contribution in [0.5, 0.6) is 0 Å². The minimum absolute atomic E-state index is 0.0573. The van der Waals surface area contributed by atoms with Crippen LogP contribution in [0.1, 0.15) is 33.3 Å².